The number of aldehydes is 3. The lowest BCUT2D eigenvalue weighted by molar-refractivity contribution is -0.645. The quantitative estimate of drug-likeness (QED) is 0.258. The number of carbonyl (C=O) groups excluding carboxylic acids is 3. The largest absolute Gasteiger partial charge is 0.298 e. The molecule has 0 unspecified atom stereocenters. The van der Waals surface area contributed by atoms with E-state index in [4.69, 9.17) is 0 Å². The number of rotatable bonds is 3. The summed E-state index contributed by atoms with van der Waals surface area (Å²) in [6, 6.07) is 29.0. The molecule has 6 aromatic rings. The number of carbonyl (C=O) groups is 3. The molecule has 0 atom stereocenters. The third kappa shape index (κ3) is 6.25. The number of aryl methyl sites for hydroxylation is 3. The van der Waals surface area contributed by atoms with Gasteiger partial charge in [0.2, 0.25) is 16.6 Å². The molecule has 6 rings (SSSR count). The number of hydrogen-bond donors (Lipinski definition) is 0. The summed E-state index contributed by atoms with van der Waals surface area (Å²) in [4.78, 5) is 31.8. The van der Waals surface area contributed by atoms with Crippen molar-refractivity contribution >= 4 is 51.6 Å². The summed E-state index contributed by atoms with van der Waals surface area (Å²) in [5, 5.41) is 3.33. The van der Waals surface area contributed by atoms with Gasteiger partial charge in [0.05, 0.1) is 5.56 Å². The van der Waals surface area contributed by atoms with Crippen molar-refractivity contribution in [3.8, 4) is 0 Å². The number of fused-ring (bicyclic) bond motifs is 3. The minimum Gasteiger partial charge on any atom is -0.298 e. The first-order valence-electron chi connectivity index (χ1n) is 12.4. The van der Waals surface area contributed by atoms with Crippen LogP contribution >= 0.6 is 0 Å². The summed E-state index contributed by atoms with van der Waals surface area (Å²) in [7, 11) is 5.90. The molecule has 0 saturated heterocycles. The third-order valence-electron chi connectivity index (χ3n) is 6.47. The lowest BCUT2D eigenvalue weighted by Crippen LogP contribution is -2.28. The molecule has 0 saturated carbocycles. The van der Waals surface area contributed by atoms with Crippen molar-refractivity contribution in [2.75, 3.05) is 0 Å². The number of para-hydroxylation sites is 1. The van der Waals surface area contributed by atoms with Crippen LogP contribution in [0, 0.1) is 0 Å². The minimum absolute atomic E-state index is 0.717. The van der Waals surface area contributed by atoms with E-state index in [1.165, 1.54) is 0 Å². The number of benzene rings is 3. The second-order valence-electron chi connectivity index (χ2n) is 9.13. The zero-order valence-corrected chi connectivity index (χ0v) is 22.2. The first kappa shape index (κ1) is 26.9. The fourth-order valence-corrected chi connectivity index (χ4v) is 4.46. The SMILES string of the molecule is C[n+]1cccc2cc(C=O)ccc21.C[n+]1cccc2ccc(C=O)cc21.C[n+]1cccc2cccc(C=O)c21. The van der Waals surface area contributed by atoms with Crippen LogP contribution in [0.1, 0.15) is 31.1 Å². The molecule has 0 radical (unpaired) electrons. The second-order valence-corrected chi connectivity index (χ2v) is 9.13. The highest BCUT2D eigenvalue weighted by molar-refractivity contribution is 5.93. The first-order valence-corrected chi connectivity index (χ1v) is 12.4. The van der Waals surface area contributed by atoms with Crippen LogP contribution < -0.4 is 13.7 Å². The zero-order valence-electron chi connectivity index (χ0n) is 22.2. The lowest BCUT2D eigenvalue weighted by atomic mass is 10.1. The van der Waals surface area contributed by atoms with E-state index in [9.17, 15) is 14.4 Å². The lowest BCUT2D eigenvalue weighted by Gasteiger charge is -1.97. The smallest absolute Gasteiger partial charge is 0.222 e. The summed E-state index contributed by atoms with van der Waals surface area (Å²) in [6.07, 6.45) is 8.52. The molecule has 3 heterocycles. The fourth-order valence-electron chi connectivity index (χ4n) is 4.46. The topological polar surface area (TPSA) is 62.9 Å². The fraction of sp³-hybridized carbons (Fsp3) is 0.0909. The normalized spacial score (nSPS) is 10.2. The van der Waals surface area contributed by atoms with Crippen LogP contribution in [0.2, 0.25) is 0 Å². The Bertz CT molecular complexity index is 1800. The molecule has 0 N–H and O–H groups in total. The van der Waals surface area contributed by atoms with Crippen LogP contribution in [0.5, 0.6) is 0 Å². The van der Waals surface area contributed by atoms with Crippen molar-refractivity contribution in [2.24, 2.45) is 21.1 Å². The van der Waals surface area contributed by atoms with Gasteiger partial charge in [0.25, 0.3) is 0 Å². The van der Waals surface area contributed by atoms with Gasteiger partial charge in [-0.2, -0.15) is 0 Å². The van der Waals surface area contributed by atoms with Crippen molar-refractivity contribution in [2.45, 2.75) is 0 Å². The van der Waals surface area contributed by atoms with Gasteiger partial charge in [-0.05, 0) is 48.5 Å². The van der Waals surface area contributed by atoms with E-state index < -0.39 is 0 Å². The maximum absolute atomic E-state index is 10.8. The highest BCUT2D eigenvalue weighted by atomic mass is 16.1. The van der Waals surface area contributed by atoms with Crippen molar-refractivity contribution in [3.05, 3.63) is 126 Å². The molecule has 0 aliphatic heterocycles. The molecule has 39 heavy (non-hydrogen) atoms. The van der Waals surface area contributed by atoms with Gasteiger partial charge in [0.1, 0.15) is 33.7 Å². The van der Waals surface area contributed by atoms with Gasteiger partial charge in [-0.1, -0.05) is 12.1 Å². The van der Waals surface area contributed by atoms with Crippen molar-refractivity contribution in [1.82, 2.24) is 0 Å². The van der Waals surface area contributed by atoms with Crippen LogP contribution in [0.3, 0.4) is 0 Å². The number of aromatic nitrogens is 3. The van der Waals surface area contributed by atoms with Gasteiger partial charge in [-0.3, -0.25) is 14.4 Å². The minimum atomic E-state index is 0.717. The molecule has 0 fully saturated rings. The predicted molar refractivity (Wildman–Crippen MR) is 152 cm³/mol. The Labute approximate surface area is 227 Å². The van der Waals surface area contributed by atoms with Crippen molar-refractivity contribution < 1.29 is 28.1 Å². The first-order chi connectivity index (χ1) is 18.9. The van der Waals surface area contributed by atoms with Gasteiger partial charge in [-0.15, -0.1) is 0 Å². The van der Waals surface area contributed by atoms with E-state index >= 15 is 0 Å². The van der Waals surface area contributed by atoms with E-state index in [2.05, 4.69) is 0 Å². The summed E-state index contributed by atoms with van der Waals surface area (Å²) < 4.78 is 5.99. The predicted octanol–water partition coefficient (Wildman–Crippen LogP) is 4.43. The number of pyridine rings is 3. The molecule has 3 aromatic heterocycles. The highest BCUT2D eigenvalue weighted by Gasteiger charge is 2.08. The Balaban J connectivity index is 0.000000136. The van der Waals surface area contributed by atoms with Gasteiger partial charge < -0.3 is 0 Å². The molecule has 0 spiro atoms. The van der Waals surface area contributed by atoms with E-state index in [0.717, 1.165) is 62.7 Å². The summed E-state index contributed by atoms with van der Waals surface area (Å²) >= 11 is 0. The molecule has 6 nitrogen and oxygen atoms in total. The molecule has 0 aliphatic rings. The molecule has 0 amide bonds. The zero-order chi connectivity index (χ0) is 27.8. The van der Waals surface area contributed by atoms with Crippen LogP contribution in [-0.2, 0) is 21.1 Å². The van der Waals surface area contributed by atoms with E-state index in [-0.39, 0.29) is 0 Å². The number of hydrogen-bond acceptors (Lipinski definition) is 3. The van der Waals surface area contributed by atoms with Gasteiger partial charge in [0.15, 0.2) is 24.9 Å². The Morgan fingerprint density at radius 2 is 1.05 bits per heavy atom. The van der Waals surface area contributed by atoms with Crippen molar-refractivity contribution in [3.63, 3.8) is 0 Å². The van der Waals surface area contributed by atoms with Crippen LogP contribution in [0.4, 0.5) is 0 Å². The molecule has 0 aliphatic carbocycles. The molecule has 192 valence electrons. The molecular weight excluding hydrogens is 486 g/mol. The van der Waals surface area contributed by atoms with Crippen LogP contribution in [-0.4, -0.2) is 18.9 Å². The van der Waals surface area contributed by atoms with Gasteiger partial charge in [0, 0.05) is 57.6 Å². The molecule has 6 heteroatoms. The second kappa shape index (κ2) is 12.4. The Morgan fingerprint density at radius 3 is 1.74 bits per heavy atom. The van der Waals surface area contributed by atoms with E-state index in [1.807, 2.05) is 144 Å². The standard InChI is InChI=1S/3C11H10NO/c1-12-7-3-6-9-4-2-5-10(8-13)11(9)12;1-12-6-2-3-10-7-9(8-13)4-5-11(10)12;1-12-6-2-3-10-5-4-9(8-13)7-11(10)12/h3*2-8H,1H3/q3*+1. The molecule has 0 bridgehead atoms. The monoisotopic (exact) mass is 516 g/mol. The third-order valence-corrected chi connectivity index (χ3v) is 6.47. The number of nitrogens with zero attached hydrogens (tertiary/aromatic N) is 3. The van der Waals surface area contributed by atoms with E-state index in [1.54, 1.807) is 0 Å². The van der Waals surface area contributed by atoms with Gasteiger partial charge in [-0.25, -0.2) is 13.7 Å². The molecular formula is C33H30N3O3+3. The van der Waals surface area contributed by atoms with E-state index in [0.29, 0.717) is 5.56 Å². The van der Waals surface area contributed by atoms with Crippen LogP contribution in [0.25, 0.3) is 32.7 Å². The van der Waals surface area contributed by atoms with Crippen LogP contribution in [0.15, 0.2) is 110 Å². The summed E-state index contributed by atoms with van der Waals surface area (Å²) in [5.41, 5.74) is 5.37. The maximum Gasteiger partial charge on any atom is 0.222 e. The Hall–Kier alpha value is -5.10. The Kier molecular flexibility index (Phi) is 8.59. The van der Waals surface area contributed by atoms with Gasteiger partial charge >= 0.3 is 0 Å². The summed E-state index contributed by atoms with van der Waals surface area (Å²) in [5.74, 6) is 0. The summed E-state index contributed by atoms with van der Waals surface area (Å²) in [6.45, 7) is 0. The maximum atomic E-state index is 10.8. The Morgan fingerprint density at radius 1 is 0.487 bits per heavy atom. The van der Waals surface area contributed by atoms with Crippen molar-refractivity contribution in [1.29, 1.82) is 0 Å². The molecule has 3 aromatic carbocycles. The average molecular weight is 517 g/mol. The highest BCUT2D eigenvalue weighted by Crippen LogP contribution is 2.13. The average Bonchev–Trinajstić information content (AvgIpc) is 2.97.